The average molecular weight is 352 g/mol. The molecule has 2 aromatic rings. The first kappa shape index (κ1) is 15.6. The van der Waals surface area contributed by atoms with E-state index in [1.54, 1.807) is 12.1 Å². The van der Waals surface area contributed by atoms with E-state index in [2.05, 4.69) is 45.1 Å². The second-order valence-corrected chi connectivity index (χ2v) is 5.77. The van der Waals surface area contributed by atoms with Crippen molar-refractivity contribution in [1.82, 2.24) is 9.97 Å². The Kier molecular flexibility index (Phi) is 4.67. The molecule has 0 saturated carbocycles. The molecule has 0 saturated heterocycles. The van der Waals surface area contributed by atoms with Crippen LogP contribution in [0.2, 0.25) is 0 Å². The van der Waals surface area contributed by atoms with Gasteiger partial charge in [0.2, 0.25) is 0 Å². The van der Waals surface area contributed by atoms with Gasteiger partial charge in [-0.15, -0.1) is 0 Å². The minimum atomic E-state index is 0.0649. The molecular formula is C15H18BrN3O2. The number of phenols is 1. The zero-order valence-corrected chi connectivity index (χ0v) is 14.0. The Hall–Kier alpha value is -1.82. The monoisotopic (exact) mass is 351 g/mol. The highest BCUT2D eigenvalue weighted by atomic mass is 79.9. The van der Waals surface area contributed by atoms with Crippen molar-refractivity contribution in [3.8, 4) is 22.9 Å². The first-order valence-corrected chi connectivity index (χ1v) is 7.39. The van der Waals surface area contributed by atoms with Crippen molar-refractivity contribution in [2.75, 3.05) is 19.5 Å². The number of hydrogen-bond acceptors (Lipinski definition) is 5. The largest absolute Gasteiger partial charge is 0.503 e. The Balaban J connectivity index is 2.60. The SMILES string of the molecule is CNc1cc(C(C)C)nc(-c2cc(Br)c(O)c(OC)c2)n1. The van der Waals surface area contributed by atoms with Crippen LogP contribution in [-0.4, -0.2) is 29.2 Å². The molecule has 0 fully saturated rings. The van der Waals surface area contributed by atoms with Gasteiger partial charge in [-0.1, -0.05) is 13.8 Å². The highest BCUT2D eigenvalue weighted by Gasteiger charge is 2.14. The lowest BCUT2D eigenvalue weighted by atomic mass is 10.1. The van der Waals surface area contributed by atoms with Crippen LogP contribution < -0.4 is 10.1 Å². The van der Waals surface area contributed by atoms with Crippen molar-refractivity contribution in [2.24, 2.45) is 0 Å². The normalized spacial score (nSPS) is 10.8. The summed E-state index contributed by atoms with van der Waals surface area (Å²) in [5.41, 5.74) is 1.73. The Morgan fingerprint density at radius 3 is 2.52 bits per heavy atom. The van der Waals surface area contributed by atoms with Crippen LogP contribution in [0.4, 0.5) is 5.82 Å². The van der Waals surface area contributed by atoms with Crippen LogP contribution in [0.1, 0.15) is 25.5 Å². The molecule has 112 valence electrons. The number of halogens is 1. The van der Waals surface area contributed by atoms with Gasteiger partial charge in [0.05, 0.1) is 11.6 Å². The van der Waals surface area contributed by atoms with E-state index in [9.17, 15) is 5.11 Å². The van der Waals surface area contributed by atoms with Crippen LogP contribution in [0.5, 0.6) is 11.5 Å². The molecule has 2 N–H and O–H groups in total. The van der Waals surface area contributed by atoms with Gasteiger partial charge in [-0.05, 0) is 34.0 Å². The summed E-state index contributed by atoms with van der Waals surface area (Å²) in [6.45, 7) is 4.16. The van der Waals surface area contributed by atoms with Crippen LogP contribution >= 0.6 is 15.9 Å². The number of methoxy groups -OCH3 is 1. The highest BCUT2D eigenvalue weighted by Crippen LogP contribution is 2.38. The molecule has 0 radical (unpaired) electrons. The molecule has 0 aliphatic carbocycles. The van der Waals surface area contributed by atoms with Crippen molar-refractivity contribution in [2.45, 2.75) is 19.8 Å². The third-order valence-corrected chi connectivity index (χ3v) is 3.70. The molecule has 0 amide bonds. The van der Waals surface area contributed by atoms with E-state index in [0.717, 1.165) is 17.1 Å². The summed E-state index contributed by atoms with van der Waals surface area (Å²) in [6, 6.07) is 5.43. The summed E-state index contributed by atoms with van der Waals surface area (Å²) < 4.78 is 5.71. The van der Waals surface area contributed by atoms with Crippen molar-refractivity contribution in [3.63, 3.8) is 0 Å². The molecule has 0 unspecified atom stereocenters. The molecule has 21 heavy (non-hydrogen) atoms. The van der Waals surface area contributed by atoms with Gasteiger partial charge in [-0.3, -0.25) is 0 Å². The second-order valence-electron chi connectivity index (χ2n) is 4.92. The summed E-state index contributed by atoms with van der Waals surface area (Å²) in [7, 11) is 3.33. The molecule has 6 heteroatoms. The topological polar surface area (TPSA) is 67.3 Å². The van der Waals surface area contributed by atoms with Gasteiger partial charge in [0.25, 0.3) is 0 Å². The minimum Gasteiger partial charge on any atom is -0.503 e. The maximum absolute atomic E-state index is 9.89. The van der Waals surface area contributed by atoms with Crippen LogP contribution in [-0.2, 0) is 0 Å². The van der Waals surface area contributed by atoms with Crippen molar-refractivity contribution >= 4 is 21.7 Å². The van der Waals surface area contributed by atoms with E-state index >= 15 is 0 Å². The predicted octanol–water partition coefficient (Wildman–Crippen LogP) is 3.79. The first-order chi connectivity index (χ1) is 9.96. The zero-order valence-electron chi connectivity index (χ0n) is 12.4. The number of phenolic OH excluding ortho intramolecular Hbond substituents is 1. The standard InChI is InChI=1S/C15H18BrN3O2/c1-8(2)11-7-13(17-3)19-15(18-11)9-5-10(16)14(20)12(6-9)21-4/h5-8,20H,1-4H3,(H,17,18,19). The summed E-state index contributed by atoms with van der Waals surface area (Å²) in [4.78, 5) is 9.06. The molecule has 0 bridgehead atoms. The van der Waals surface area contributed by atoms with E-state index in [0.29, 0.717) is 22.0 Å². The molecule has 0 atom stereocenters. The van der Waals surface area contributed by atoms with Gasteiger partial charge in [0.15, 0.2) is 17.3 Å². The third-order valence-electron chi connectivity index (χ3n) is 3.10. The summed E-state index contributed by atoms with van der Waals surface area (Å²) in [5, 5.41) is 12.9. The lowest BCUT2D eigenvalue weighted by molar-refractivity contribution is 0.372. The van der Waals surface area contributed by atoms with Crippen molar-refractivity contribution < 1.29 is 9.84 Å². The molecule has 0 aliphatic rings. The fourth-order valence-electron chi connectivity index (χ4n) is 1.88. The first-order valence-electron chi connectivity index (χ1n) is 6.59. The van der Waals surface area contributed by atoms with Gasteiger partial charge in [0.1, 0.15) is 5.82 Å². The Morgan fingerprint density at radius 1 is 1.24 bits per heavy atom. The molecule has 2 rings (SSSR count). The maximum atomic E-state index is 9.89. The van der Waals surface area contributed by atoms with Gasteiger partial charge in [0, 0.05) is 24.4 Å². The van der Waals surface area contributed by atoms with E-state index < -0.39 is 0 Å². The number of ether oxygens (including phenoxy) is 1. The smallest absolute Gasteiger partial charge is 0.172 e. The number of aromatic nitrogens is 2. The van der Waals surface area contributed by atoms with Gasteiger partial charge in [-0.25, -0.2) is 9.97 Å². The second kappa shape index (κ2) is 6.30. The summed E-state index contributed by atoms with van der Waals surface area (Å²) in [6.07, 6.45) is 0. The van der Waals surface area contributed by atoms with Crippen molar-refractivity contribution in [1.29, 1.82) is 0 Å². The average Bonchev–Trinajstić information content (AvgIpc) is 2.49. The van der Waals surface area contributed by atoms with Gasteiger partial charge < -0.3 is 15.2 Å². The van der Waals surface area contributed by atoms with Crippen LogP contribution in [0, 0.1) is 0 Å². The molecule has 0 spiro atoms. The van der Waals surface area contributed by atoms with Crippen LogP contribution in [0.25, 0.3) is 11.4 Å². The van der Waals surface area contributed by atoms with Gasteiger partial charge >= 0.3 is 0 Å². The summed E-state index contributed by atoms with van der Waals surface area (Å²) >= 11 is 3.32. The van der Waals surface area contributed by atoms with Gasteiger partial charge in [-0.2, -0.15) is 0 Å². The number of rotatable bonds is 4. The number of benzene rings is 1. The van der Waals surface area contributed by atoms with Crippen LogP contribution in [0.3, 0.4) is 0 Å². The maximum Gasteiger partial charge on any atom is 0.172 e. The lowest BCUT2D eigenvalue weighted by Gasteiger charge is -2.12. The van der Waals surface area contributed by atoms with E-state index in [-0.39, 0.29) is 5.75 Å². The lowest BCUT2D eigenvalue weighted by Crippen LogP contribution is -2.02. The molecule has 5 nitrogen and oxygen atoms in total. The minimum absolute atomic E-state index is 0.0649. The Morgan fingerprint density at radius 2 is 1.95 bits per heavy atom. The molecule has 1 aromatic carbocycles. The van der Waals surface area contributed by atoms with E-state index in [4.69, 9.17) is 4.74 Å². The number of hydrogen-bond donors (Lipinski definition) is 2. The zero-order chi connectivity index (χ0) is 15.6. The molecule has 1 aromatic heterocycles. The number of anilines is 1. The number of aromatic hydroxyl groups is 1. The summed E-state index contributed by atoms with van der Waals surface area (Å²) in [5.74, 6) is 2.08. The highest BCUT2D eigenvalue weighted by molar-refractivity contribution is 9.10. The van der Waals surface area contributed by atoms with E-state index in [1.165, 1.54) is 7.11 Å². The number of nitrogens with one attached hydrogen (secondary N) is 1. The third kappa shape index (κ3) is 3.26. The fourth-order valence-corrected chi connectivity index (χ4v) is 2.32. The molecular weight excluding hydrogens is 334 g/mol. The Bertz CT molecular complexity index is 660. The number of nitrogens with zero attached hydrogens (tertiary/aromatic N) is 2. The molecule has 0 aliphatic heterocycles. The van der Waals surface area contributed by atoms with E-state index in [1.807, 2.05) is 13.1 Å². The van der Waals surface area contributed by atoms with Crippen molar-refractivity contribution in [3.05, 3.63) is 28.4 Å². The molecule has 1 heterocycles. The fraction of sp³-hybridized carbons (Fsp3) is 0.333. The Labute approximate surface area is 132 Å². The predicted molar refractivity (Wildman–Crippen MR) is 87.0 cm³/mol. The van der Waals surface area contributed by atoms with Crippen LogP contribution in [0.15, 0.2) is 22.7 Å². The quantitative estimate of drug-likeness (QED) is 0.877.